The summed E-state index contributed by atoms with van der Waals surface area (Å²) in [5, 5.41) is 2.85. The number of amides is 1. The van der Waals surface area contributed by atoms with Crippen LogP contribution in [-0.2, 0) is 4.79 Å². The van der Waals surface area contributed by atoms with Crippen LogP contribution in [0.15, 0.2) is 16.6 Å². The van der Waals surface area contributed by atoms with E-state index in [1.165, 1.54) is 0 Å². The summed E-state index contributed by atoms with van der Waals surface area (Å²) in [4.78, 5) is 11.9. The fraction of sp³-hybridized carbons (Fsp3) is 0.500. The standard InChI is InChI=1S/C14H19BrN2O3/c1-2-3-9(16)6-14(18)17-11-8-13-12(7-10(11)15)19-4-5-20-13/h7-9H,2-6,16H2,1H3,(H,17,18). The maximum absolute atomic E-state index is 11.9. The number of fused-ring (bicyclic) bond motifs is 1. The monoisotopic (exact) mass is 342 g/mol. The van der Waals surface area contributed by atoms with Crippen LogP contribution in [0.25, 0.3) is 0 Å². The average Bonchev–Trinajstić information content (AvgIpc) is 2.39. The SMILES string of the molecule is CCCC(N)CC(=O)Nc1cc2c(cc1Br)OCCO2. The first-order valence-electron chi connectivity index (χ1n) is 6.74. The molecule has 0 spiro atoms. The second-order valence-corrected chi connectivity index (χ2v) is 5.63. The lowest BCUT2D eigenvalue weighted by atomic mass is 10.1. The zero-order valence-electron chi connectivity index (χ0n) is 11.4. The molecule has 3 N–H and O–H groups in total. The number of nitrogens with two attached hydrogens (primary N) is 1. The minimum atomic E-state index is -0.101. The van der Waals surface area contributed by atoms with Gasteiger partial charge in [0, 0.05) is 29.1 Å². The number of nitrogens with one attached hydrogen (secondary N) is 1. The van der Waals surface area contributed by atoms with Crippen LogP contribution in [0, 0.1) is 0 Å². The molecule has 1 aromatic carbocycles. The molecular weight excluding hydrogens is 324 g/mol. The molecular formula is C14H19BrN2O3. The number of rotatable bonds is 5. The van der Waals surface area contributed by atoms with Gasteiger partial charge in [-0.3, -0.25) is 4.79 Å². The summed E-state index contributed by atoms with van der Waals surface area (Å²) in [7, 11) is 0. The second kappa shape index (κ2) is 6.95. The lowest BCUT2D eigenvalue weighted by Crippen LogP contribution is -2.27. The van der Waals surface area contributed by atoms with Crippen molar-refractivity contribution in [1.29, 1.82) is 0 Å². The van der Waals surface area contributed by atoms with Crippen molar-refractivity contribution in [3.05, 3.63) is 16.6 Å². The second-order valence-electron chi connectivity index (χ2n) is 4.78. The Bertz CT molecular complexity index is 494. The predicted octanol–water partition coefficient (Wildman–Crippen LogP) is 2.68. The first-order chi connectivity index (χ1) is 9.60. The smallest absolute Gasteiger partial charge is 0.225 e. The van der Waals surface area contributed by atoms with Crippen LogP contribution in [0.5, 0.6) is 11.5 Å². The highest BCUT2D eigenvalue weighted by Crippen LogP contribution is 2.38. The van der Waals surface area contributed by atoms with Crippen molar-refractivity contribution in [3.8, 4) is 11.5 Å². The molecule has 1 aliphatic heterocycles. The molecule has 0 aromatic heterocycles. The van der Waals surface area contributed by atoms with Crippen molar-refractivity contribution in [2.24, 2.45) is 5.73 Å². The van der Waals surface area contributed by atoms with Gasteiger partial charge >= 0.3 is 0 Å². The molecule has 1 atom stereocenters. The summed E-state index contributed by atoms with van der Waals surface area (Å²) in [6.45, 7) is 3.11. The minimum absolute atomic E-state index is 0.0941. The Labute approximate surface area is 126 Å². The Morgan fingerprint density at radius 3 is 2.70 bits per heavy atom. The number of carbonyl (C=O) groups is 1. The average molecular weight is 343 g/mol. The molecule has 0 fully saturated rings. The van der Waals surface area contributed by atoms with E-state index in [9.17, 15) is 4.79 Å². The summed E-state index contributed by atoms with van der Waals surface area (Å²) in [5.74, 6) is 1.24. The molecule has 5 nitrogen and oxygen atoms in total. The molecule has 0 saturated carbocycles. The van der Waals surface area contributed by atoms with Gasteiger partial charge in [0.15, 0.2) is 11.5 Å². The maximum Gasteiger partial charge on any atom is 0.225 e. The molecule has 1 amide bonds. The van der Waals surface area contributed by atoms with Crippen LogP contribution in [-0.4, -0.2) is 25.2 Å². The van der Waals surface area contributed by atoms with E-state index < -0.39 is 0 Å². The molecule has 110 valence electrons. The number of benzene rings is 1. The molecule has 0 radical (unpaired) electrons. The van der Waals surface area contributed by atoms with Crippen molar-refractivity contribution in [1.82, 2.24) is 0 Å². The largest absolute Gasteiger partial charge is 0.486 e. The van der Waals surface area contributed by atoms with Crippen molar-refractivity contribution in [2.45, 2.75) is 32.2 Å². The van der Waals surface area contributed by atoms with Gasteiger partial charge < -0.3 is 20.5 Å². The van der Waals surface area contributed by atoms with E-state index in [0.29, 0.717) is 36.8 Å². The lowest BCUT2D eigenvalue weighted by molar-refractivity contribution is -0.116. The molecule has 6 heteroatoms. The number of halogens is 1. The first kappa shape index (κ1) is 15.1. The van der Waals surface area contributed by atoms with Crippen LogP contribution in [0.4, 0.5) is 5.69 Å². The highest BCUT2D eigenvalue weighted by atomic mass is 79.9. The maximum atomic E-state index is 11.9. The molecule has 0 aliphatic carbocycles. The molecule has 2 rings (SSSR count). The predicted molar refractivity (Wildman–Crippen MR) is 81.3 cm³/mol. The Kier molecular flexibility index (Phi) is 5.25. The van der Waals surface area contributed by atoms with Gasteiger partial charge in [-0.25, -0.2) is 0 Å². The third-order valence-electron chi connectivity index (χ3n) is 3.01. The van der Waals surface area contributed by atoms with Gasteiger partial charge in [-0.2, -0.15) is 0 Å². The van der Waals surface area contributed by atoms with Crippen molar-refractivity contribution >= 4 is 27.5 Å². The third-order valence-corrected chi connectivity index (χ3v) is 3.67. The van der Waals surface area contributed by atoms with E-state index >= 15 is 0 Å². The molecule has 1 aromatic rings. The van der Waals surface area contributed by atoms with E-state index in [1.54, 1.807) is 12.1 Å². The van der Waals surface area contributed by atoms with Crippen LogP contribution < -0.4 is 20.5 Å². The van der Waals surface area contributed by atoms with E-state index in [-0.39, 0.29) is 11.9 Å². The van der Waals surface area contributed by atoms with Gasteiger partial charge in [-0.15, -0.1) is 0 Å². The molecule has 1 heterocycles. The van der Waals surface area contributed by atoms with Crippen molar-refractivity contribution < 1.29 is 14.3 Å². The highest BCUT2D eigenvalue weighted by molar-refractivity contribution is 9.10. The normalized spacial score (nSPS) is 14.8. The summed E-state index contributed by atoms with van der Waals surface area (Å²) in [5.41, 5.74) is 6.54. The van der Waals surface area contributed by atoms with Gasteiger partial charge in [0.2, 0.25) is 5.91 Å². The summed E-state index contributed by atoms with van der Waals surface area (Å²) < 4.78 is 11.7. The van der Waals surface area contributed by atoms with Crippen LogP contribution in [0.2, 0.25) is 0 Å². The van der Waals surface area contributed by atoms with Crippen molar-refractivity contribution in [3.63, 3.8) is 0 Å². The molecule has 0 saturated heterocycles. The Hall–Kier alpha value is -1.27. The zero-order chi connectivity index (χ0) is 14.5. The minimum Gasteiger partial charge on any atom is -0.486 e. The number of anilines is 1. The van der Waals surface area contributed by atoms with Crippen LogP contribution in [0.3, 0.4) is 0 Å². The Balaban J connectivity index is 2.03. The molecule has 1 aliphatic rings. The van der Waals surface area contributed by atoms with Crippen LogP contribution in [0.1, 0.15) is 26.2 Å². The summed E-state index contributed by atoms with van der Waals surface area (Å²) in [6.07, 6.45) is 2.13. The molecule has 1 unspecified atom stereocenters. The molecule has 0 bridgehead atoms. The van der Waals surface area contributed by atoms with Gasteiger partial charge in [-0.1, -0.05) is 13.3 Å². The number of hydrogen-bond donors (Lipinski definition) is 2. The van der Waals surface area contributed by atoms with E-state index in [1.807, 2.05) is 0 Å². The fourth-order valence-corrected chi connectivity index (χ4v) is 2.49. The number of hydrogen-bond acceptors (Lipinski definition) is 4. The van der Waals surface area contributed by atoms with Gasteiger partial charge in [0.1, 0.15) is 13.2 Å². The fourth-order valence-electron chi connectivity index (χ4n) is 2.07. The van der Waals surface area contributed by atoms with E-state index in [2.05, 4.69) is 28.2 Å². The van der Waals surface area contributed by atoms with Gasteiger partial charge in [0.25, 0.3) is 0 Å². The number of carbonyl (C=O) groups excluding carboxylic acids is 1. The van der Waals surface area contributed by atoms with Crippen molar-refractivity contribution in [2.75, 3.05) is 18.5 Å². The van der Waals surface area contributed by atoms with Crippen LogP contribution >= 0.6 is 15.9 Å². The summed E-state index contributed by atoms with van der Waals surface area (Å²) in [6, 6.07) is 3.47. The Morgan fingerprint density at radius 2 is 2.05 bits per heavy atom. The van der Waals surface area contributed by atoms with E-state index in [4.69, 9.17) is 15.2 Å². The quantitative estimate of drug-likeness (QED) is 0.862. The van der Waals surface area contributed by atoms with Gasteiger partial charge in [0.05, 0.1) is 5.69 Å². The zero-order valence-corrected chi connectivity index (χ0v) is 13.0. The number of ether oxygens (including phenoxy) is 2. The summed E-state index contributed by atoms with van der Waals surface area (Å²) >= 11 is 3.42. The van der Waals surface area contributed by atoms with E-state index in [0.717, 1.165) is 17.3 Å². The molecule has 20 heavy (non-hydrogen) atoms. The Morgan fingerprint density at radius 1 is 1.40 bits per heavy atom. The highest BCUT2D eigenvalue weighted by Gasteiger charge is 2.17. The third kappa shape index (κ3) is 3.86. The topological polar surface area (TPSA) is 73.6 Å². The van der Waals surface area contributed by atoms with Gasteiger partial charge in [-0.05, 0) is 22.4 Å². The first-order valence-corrected chi connectivity index (χ1v) is 7.54. The lowest BCUT2D eigenvalue weighted by Gasteiger charge is -2.20.